The number of pyridine rings is 1. The highest BCUT2D eigenvalue weighted by atomic mass is 35.5. The molecular formula is C25H23ClN6O2S. The van der Waals surface area contributed by atoms with Crippen molar-refractivity contribution < 1.29 is 9.90 Å². The van der Waals surface area contributed by atoms with Crippen LogP contribution in [0.2, 0.25) is 5.02 Å². The molecule has 3 aromatic rings. The molecule has 1 aliphatic carbocycles. The predicted octanol–water partition coefficient (Wildman–Crippen LogP) is 2.82. The molecule has 0 saturated carbocycles. The van der Waals surface area contributed by atoms with Gasteiger partial charge >= 0.3 is 5.97 Å². The van der Waals surface area contributed by atoms with Crippen LogP contribution in [0.15, 0.2) is 52.8 Å². The number of nitrogens with one attached hydrogen (secondary N) is 1. The van der Waals surface area contributed by atoms with Gasteiger partial charge in [0, 0.05) is 28.0 Å². The van der Waals surface area contributed by atoms with Crippen LogP contribution in [0.5, 0.6) is 0 Å². The molecule has 2 aromatic heterocycles. The van der Waals surface area contributed by atoms with E-state index in [1.807, 2.05) is 18.2 Å². The second kappa shape index (κ2) is 9.13. The quantitative estimate of drug-likeness (QED) is 0.394. The average molecular weight is 507 g/mol. The first-order valence-corrected chi connectivity index (χ1v) is 12.3. The standard InChI is InChI=1S/C25H23ClN6O2S/c26-22-18(5-8-30-23(22)27)35-20-14-31-19(13-32-20)25(28)17-11-15(2-4-21(33)34)1-3-16(17)12-24(25)6-9-29-10-7-24/h1,3,5,8,11,13-14,29H,6-7,9-10,12,28H2,(H2,27,30)(H,33,34)/t25-/m0/s1. The Morgan fingerprint density at radius 1 is 1.17 bits per heavy atom. The first kappa shape index (κ1) is 23.6. The summed E-state index contributed by atoms with van der Waals surface area (Å²) in [5.74, 6) is 4.00. The fourth-order valence-corrected chi connectivity index (χ4v) is 6.17. The monoisotopic (exact) mass is 506 g/mol. The van der Waals surface area contributed by atoms with Crippen molar-refractivity contribution in [3.63, 3.8) is 0 Å². The largest absolute Gasteiger partial charge is 0.472 e. The van der Waals surface area contributed by atoms with E-state index in [4.69, 9.17) is 33.2 Å². The molecule has 35 heavy (non-hydrogen) atoms. The summed E-state index contributed by atoms with van der Waals surface area (Å²) in [5.41, 5.74) is 15.4. The molecule has 1 spiro atoms. The summed E-state index contributed by atoms with van der Waals surface area (Å²) in [7, 11) is 0. The number of piperidine rings is 1. The van der Waals surface area contributed by atoms with Gasteiger partial charge in [-0.05, 0) is 61.7 Å². The summed E-state index contributed by atoms with van der Waals surface area (Å²) in [6.07, 6.45) is 7.62. The summed E-state index contributed by atoms with van der Waals surface area (Å²) in [6, 6.07) is 7.55. The Hall–Kier alpha value is -3.16. The van der Waals surface area contributed by atoms with Crippen molar-refractivity contribution in [1.29, 1.82) is 0 Å². The van der Waals surface area contributed by atoms with Crippen molar-refractivity contribution in [3.8, 4) is 11.8 Å². The summed E-state index contributed by atoms with van der Waals surface area (Å²) < 4.78 is 0. The topological polar surface area (TPSA) is 140 Å². The number of benzene rings is 1. The van der Waals surface area contributed by atoms with Crippen LogP contribution >= 0.6 is 23.4 Å². The van der Waals surface area contributed by atoms with Crippen molar-refractivity contribution in [3.05, 3.63) is 70.3 Å². The number of halogens is 1. The zero-order valence-corrected chi connectivity index (χ0v) is 20.3. The summed E-state index contributed by atoms with van der Waals surface area (Å²) >= 11 is 7.64. The predicted molar refractivity (Wildman–Crippen MR) is 134 cm³/mol. The van der Waals surface area contributed by atoms with Gasteiger partial charge in [-0.3, -0.25) is 4.98 Å². The van der Waals surface area contributed by atoms with Crippen LogP contribution in [0.3, 0.4) is 0 Å². The Kier molecular flexibility index (Phi) is 6.15. The normalized spacial score (nSPS) is 20.2. The number of hydrogen-bond donors (Lipinski definition) is 4. The number of fused-ring (bicyclic) bond motifs is 1. The van der Waals surface area contributed by atoms with E-state index in [0.29, 0.717) is 21.3 Å². The van der Waals surface area contributed by atoms with Crippen molar-refractivity contribution in [2.45, 2.75) is 34.7 Å². The van der Waals surface area contributed by atoms with Gasteiger partial charge in [-0.25, -0.2) is 14.8 Å². The third kappa shape index (κ3) is 4.13. The summed E-state index contributed by atoms with van der Waals surface area (Å²) in [4.78, 5) is 25.1. The molecule has 1 fully saturated rings. The molecule has 1 saturated heterocycles. The van der Waals surface area contributed by atoms with Crippen molar-refractivity contribution in [2.24, 2.45) is 11.1 Å². The Bertz CT molecular complexity index is 1360. The van der Waals surface area contributed by atoms with Crippen LogP contribution < -0.4 is 16.8 Å². The Morgan fingerprint density at radius 3 is 2.69 bits per heavy atom. The fourth-order valence-electron chi connectivity index (χ4n) is 5.18. The van der Waals surface area contributed by atoms with Gasteiger partial charge in [0.2, 0.25) is 0 Å². The van der Waals surface area contributed by atoms with Gasteiger partial charge < -0.3 is 21.9 Å². The number of aliphatic carboxylic acids is 1. The number of anilines is 1. The van der Waals surface area contributed by atoms with Gasteiger partial charge in [0.05, 0.1) is 28.6 Å². The molecule has 0 radical (unpaired) electrons. The first-order valence-electron chi connectivity index (χ1n) is 11.1. The molecule has 10 heteroatoms. The van der Waals surface area contributed by atoms with Gasteiger partial charge in [-0.1, -0.05) is 35.3 Å². The lowest BCUT2D eigenvalue weighted by Gasteiger charge is -2.46. The van der Waals surface area contributed by atoms with E-state index < -0.39 is 11.5 Å². The minimum Gasteiger partial charge on any atom is -0.472 e. The van der Waals surface area contributed by atoms with Crippen LogP contribution in [0.4, 0.5) is 5.82 Å². The lowest BCUT2D eigenvalue weighted by atomic mass is 9.63. The van der Waals surface area contributed by atoms with Gasteiger partial charge in [0.15, 0.2) is 0 Å². The lowest BCUT2D eigenvalue weighted by Crippen LogP contribution is -2.55. The number of nitrogens with two attached hydrogens (primary N) is 2. The maximum atomic E-state index is 11.0. The first-order chi connectivity index (χ1) is 16.8. The Labute approximate surface area is 211 Å². The lowest BCUT2D eigenvalue weighted by molar-refractivity contribution is -0.130. The van der Waals surface area contributed by atoms with E-state index in [0.717, 1.165) is 48.4 Å². The Morgan fingerprint density at radius 2 is 1.97 bits per heavy atom. The van der Waals surface area contributed by atoms with E-state index in [9.17, 15) is 4.79 Å². The maximum absolute atomic E-state index is 11.0. The zero-order valence-electron chi connectivity index (χ0n) is 18.7. The summed E-state index contributed by atoms with van der Waals surface area (Å²) in [5, 5.41) is 13.4. The molecule has 0 unspecified atom stereocenters. The molecular weight excluding hydrogens is 484 g/mol. The van der Waals surface area contributed by atoms with E-state index in [2.05, 4.69) is 27.1 Å². The van der Waals surface area contributed by atoms with Crippen molar-refractivity contribution in [1.82, 2.24) is 20.3 Å². The highest BCUT2D eigenvalue weighted by Gasteiger charge is 2.57. The van der Waals surface area contributed by atoms with Gasteiger partial charge in [-0.2, -0.15) is 0 Å². The van der Waals surface area contributed by atoms with E-state index >= 15 is 0 Å². The molecule has 1 atom stereocenters. The highest BCUT2D eigenvalue weighted by Crippen LogP contribution is 2.56. The molecule has 5 rings (SSSR count). The number of carboxylic acid groups (broad SMARTS) is 1. The minimum absolute atomic E-state index is 0.231. The molecule has 1 aromatic carbocycles. The minimum atomic E-state index is -1.17. The number of hydrogen-bond acceptors (Lipinski definition) is 8. The molecule has 178 valence electrons. The average Bonchev–Trinajstić information content (AvgIpc) is 3.09. The molecule has 8 nitrogen and oxygen atoms in total. The molecule has 1 aliphatic heterocycles. The number of nitrogens with zero attached hydrogens (tertiary/aromatic N) is 3. The third-order valence-electron chi connectivity index (χ3n) is 6.90. The third-order valence-corrected chi connectivity index (χ3v) is 8.39. The van der Waals surface area contributed by atoms with Gasteiger partial charge in [0.25, 0.3) is 0 Å². The van der Waals surface area contributed by atoms with Crippen molar-refractivity contribution in [2.75, 3.05) is 18.8 Å². The van der Waals surface area contributed by atoms with Crippen LogP contribution in [-0.2, 0) is 16.8 Å². The van der Waals surface area contributed by atoms with Crippen LogP contribution in [0.1, 0.15) is 35.2 Å². The fraction of sp³-hybridized carbons (Fsp3) is 0.280. The number of carboxylic acids is 1. The second-order valence-electron chi connectivity index (χ2n) is 8.79. The molecule has 2 aliphatic rings. The van der Waals surface area contributed by atoms with E-state index in [1.165, 1.54) is 11.8 Å². The van der Waals surface area contributed by atoms with E-state index in [-0.39, 0.29) is 11.2 Å². The number of aromatic nitrogens is 3. The second-order valence-corrected chi connectivity index (χ2v) is 10.2. The smallest absolute Gasteiger partial charge is 0.382 e. The highest BCUT2D eigenvalue weighted by molar-refractivity contribution is 7.99. The van der Waals surface area contributed by atoms with Crippen LogP contribution in [0, 0.1) is 17.3 Å². The number of rotatable bonds is 3. The SMILES string of the molecule is Nc1nccc(Sc2cnc([C@@]3(N)c4cc(C#CC(=O)O)ccc4CC34CCNCC4)cn2)c1Cl. The van der Waals surface area contributed by atoms with Crippen LogP contribution in [-0.4, -0.2) is 39.1 Å². The Balaban J connectivity index is 1.56. The molecule has 0 amide bonds. The molecule has 6 N–H and O–H groups in total. The van der Waals surface area contributed by atoms with E-state index in [1.54, 1.807) is 24.7 Å². The van der Waals surface area contributed by atoms with Crippen LogP contribution in [0.25, 0.3) is 0 Å². The summed E-state index contributed by atoms with van der Waals surface area (Å²) in [6.45, 7) is 1.73. The maximum Gasteiger partial charge on any atom is 0.382 e. The van der Waals surface area contributed by atoms with Gasteiger partial charge in [0.1, 0.15) is 10.8 Å². The van der Waals surface area contributed by atoms with Crippen molar-refractivity contribution >= 4 is 35.1 Å². The number of carbonyl (C=O) groups is 1. The van der Waals surface area contributed by atoms with Gasteiger partial charge in [-0.15, -0.1) is 0 Å². The molecule has 0 bridgehead atoms. The number of nitrogen functional groups attached to an aromatic ring is 1. The zero-order chi connectivity index (χ0) is 24.6. The molecule has 3 heterocycles.